The minimum Gasteiger partial charge on any atom is -0.481 e. The summed E-state index contributed by atoms with van der Waals surface area (Å²) in [6, 6.07) is 12.4. The summed E-state index contributed by atoms with van der Waals surface area (Å²) in [5, 5.41) is 9.64. The van der Waals surface area contributed by atoms with E-state index >= 15 is 0 Å². The second-order valence-corrected chi connectivity index (χ2v) is 6.30. The number of benzene rings is 2. The first-order valence-corrected chi connectivity index (χ1v) is 8.09. The van der Waals surface area contributed by atoms with E-state index in [2.05, 4.69) is 4.98 Å². The summed E-state index contributed by atoms with van der Waals surface area (Å²) in [4.78, 5) is 29.1. The van der Waals surface area contributed by atoms with E-state index < -0.39 is 11.9 Å². The van der Waals surface area contributed by atoms with Crippen LogP contribution in [0.2, 0.25) is 5.02 Å². The Morgan fingerprint density at radius 2 is 2.08 bits per heavy atom. The quantitative estimate of drug-likeness (QED) is 0.775. The molecule has 1 aliphatic rings. The molecule has 0 unspecified atom stereocenters. The molecule has 4 rings (SSSR count). The Balaban J connectivity index is 1.71. The summed E-state index contributed by atoms with van der Waals surface area (Å²) in [5.74, 6) is -1.45. The Bertz CT molecular complexity index is 998. The molecule has 1 amide bonds. The Kier molecular flexibility index (Phi) is 3.69. The fraction of sp³-hybridized carbons (Fsp3) is 0.167. The maximum Gasteiger partial charge on any atom is 0.308 e. The average molecular weight is 357 g/mol. The van der Waals surface area contributed by atoms with Crippen LogP contribution in [0.4, 0.5) is 5.69 Å². The Morgan fingerprint density at radius 3 is 2.80 bits per heavy atom. The van der Waals surface area contributed by atoms with Crippen molar-refractivity contribution < 1.29 is 19.1 Å². The number of nitrogens with zero attached hydrogens (tertiary/aromatic N) is 2. The van der Waals surface area contributed by atoms with Gasteiger partial charge in [-0.15, -0.1) is 0 Å². The predicted octanol–water partition coefficient (Wildman–Crippen LogP) is 3.59. The molecule has 7 heteroatoms. The first-order valence-electron chi connectivity index (χ1n) is 7.71. The van der Waals surface area contributed by atoms with E-state index in [4.69, 9.17) is 21.1 Å². The molecule has 2 heterocycles. The third-order valence-corrected chi connectivity index (χ3v) is 4.59. The van der Waals surface area contributed by atoms with Crippen molar-refractivity contribution >= 4 is 40.3 Å². The number of anilines is 1. The van der Waals surface area contributed by atoms with Crippen LogP contribution in [0, 0.1) is 5.92 Å². The van der Waals surface area contributed by atoms with Gasteiger partial charge in [0.25, 0.3) is 0 Å². The monoisotopic (exact) mass is 356 g/mol. The standard InChI is InChI=1S/C18H13ClN2O4/c19-13-4-2-1-3-12(13)17-20-14-8-11(5-6-15(14)25-17)21-9-10(18(23)24)7-16(21)22/h1-6,8,10H,7,9H2,(H,23,24)/t10-/m0/s1. The van der Waals surface area contributed by atoms with Gasteiger partial charge in [-0.3, -0.25) is 9.59 Å². The van der Waals surface area contributed by atoms with Crippen LogP contribution in [0.5, 0.6) is 0 Å². The zero-order chi connectivity index (χ0) is 17.6. The number of halogens is 1. The first kappa shape index (κ1) is 15.7. The highest BCUT2D eigenvalue weighted by molar-refractivity contribution is 6.33. The van der Waals surface area contributed by atoms with E-state index in [9.17, 15) is 9.59 Å². The molecule has 6 nitrogen and oxygen atoms in total. The van der Waals surface area contributed by atoms with Crippen molar-refractivity contribution in [3.63, 3.8) is 0 Å². The van der Waals surface area contributed by atoms with E-state index in [1.807, 2.05) is 18.2 Å². The number of carbonyl (C=O) groups is 2. The average Bonchev–Trinajstić information content (AvgIpc) is 3.18. The van der Waals surface area contributed by atoms with Gasteiger partial charge in [-0.05, 0) is 30.3 Å². The first-order chi connectivity index (χ1) is 12.0. The third kappa shape index (κ3) is 2.74. The number of aliphatic carboxylic acids is 1. The molecule has 2 aromatic carbocycles. The Morgan fingerprint density at radius 1 is 1.28 bits per heavy atom. The van der Waals surface area contributed by atoms with Crippen molar-refractivity contribution in [1.29, 1.82) is 0 Å². The van der Waals surface area contributed by atoms with Crippen LogP contribution in [0.25, 0.3) is 22.6 Å². The fourth-order valence-electron chi connectivity index (χ4n) is 2.96. The summed E-state index contributed by atoms with van der Waals surface area (Å²) in [6.45, 7) is 0.162. The lowest BCUT2D eigenvalue weighted by atomic mass is 10.1. The minimum absolute atomic E-state index is 0.0110. The van der Waals surface area contributed by atoms with Crippen molar-refractivity contribution in [2.45, 2.75) is 6.42 Å². The van der Waals surface area contributed by atoms with Gasteiger partial charge in [0.2, 0.25) is 11.8 Å². The van der Waals surface area contributed by atoms with Crippen LogP contribution < -0.4 is 4.90 Å². The summed E-state index contributed by atoms with van der Waals surface area (Å²) in [7, 11) is 0. The van der Waals surface area contributed by atoms with Crippen LogP contribution in [-0.4, -0.2) is 28.5 Å². The van der Waals surface area contributed by atoms with E-state index in [0.717, 1.165) is 0 Å². The molecule has 0 radical (unpaired) electrons. The van der Waals surface area contributed by atoms with Gasteiger partial charge in [0.1, 0.15) is 5.52 Å². The Hall–Kier alpha value is -2.86. The van der Waals surface area contributed by atoms with E-state index in [1.54, 1.807) is 24.3 Å². The predicted molar refractivity (Wildman–Crippen MR) is 92.6 cm³/mol. The van der Waals surface area contributed by atoms with Crippen molar-refractivity contribution in [2.75, 3.05) is 11.4 Å². The molecule has 1 N–H and O–H groups in total. The Labute approximate surface area is 147 Å². The van der Waals surface area contributed by atoms with Gasteiger partial charge >= 0.3 is 5.97 Å². The highest BCUT2D eigenvalue weighted by Crippen LogP contribution is 2.32. The van der Waals surface area contributed by atoms with Crippen molar-refractivity contribution in [2.24, 2.45) is 5.92 Å². The number of hydrogen-bond donors (Lipinski definition) is 1. The molecule has 0 spiro atoms. The number of amides is 1. The minimum atomic E-state index is -0.959. The lowest BCUT2D eigenvalue weighted by Crippen LogP contribution is -2.25. The number of aromatic nitrogens is 1. The van der Waals surface area contributed by atoms with Gasteiger partial charge < -0.3 is 14.4 Å². The summed E-state index contributed by atoms with van der Waals surface area (Å²) < 4.78 is 5.75. The van der Waals surface area contributed by atoms with Gasteiger partial charge in [-0.2, -0.15) is 0 Å². The van der Waals surface area contributed by atoms with Gasteiger partial charge in [0.15, 0.2) is 5.58 Å². The second-order valence-electron chi connectivity index (χ2n) is 5.89. The fourth-order valence-corrected chi connectivity index (χ4v) is 3.17. The van der Waals surface area contributed by atoms with Crippen LogP contribution >= 0.6 is 11.6 Å². The van der Waals surface area contributed by atoms with Gasteiger partial charge in [0.05, 0.1) is 16.5 Å². The number of oxazole rings is 1. The number of carboxylic acids is 1. The van der Waals surface area contributed by atoms with Gasteiger partial charge in [-0.1, -0.05) is 23.7 Å². The molecule has 1 fully saturated rings. The normalized spacial score (nSPS) is 17.4. The van der Waals surface area contributed by atoms with Gasteiger partial charge in [-0.25, -0.2) is 4.98 Å². The smallest absolute Gasteiger partial charge is 0.308 e. The van der Waals surface area contributed by atoms with Crippen LogP contribution in [0.15, 0.2) is 46.9 Å². The maximum atomic E-state index is 12.1. The van der Waals surface area contributed by atoms with Crippen molar-refractivity contribution in [3.8, 4) is 11.5 Å². The van der Waals surface area contributed by atoms with E-state index in [-0.39, 0.29) is 18.9 Å². The van der Waals surface area contributed by atoms with Crippen LogP contribution in [0.3, 0.4) is 0 Å². The molecular formula is C18H13ClN2O4. The van der Waals surface area contributed by atoms with Crippen molar-refractivity contribution in [1.82, 2.24) is 4.98 Å². The molecule has 1 atom stereocenters. The molecule has 1 saturated heterocycles. The van der Waals surface area contributed by atoms with Gasteiger partial charge in [0, 0.05) is 18.7 Å². The summed E-state index contributed by atoms with van der Waals surface area (Å²) >= 11 is 6.18. The number of hydrogen-bond acceptors (Lipinski definition) is 4. The largest absolute Gasteiger partial charge is 0.481 e. The molecule has 1 aromatic heterocycles. The lowest BCUT2D eigenvalue weighted by Gasteiger charge is -2.15. The van der Waals surface area contributed by atoms with E-state index in [1.165, 1.54) is 4.90 Å². The molecule has 3 aromatic rings. The molecule has 1 aliphatic heterocycles. The highest BCUT2D eigenvalue weighted by Gasteiger charge is 2.35. The summed E-state index contributed by atoms with van der Waals surface area (Å²) in [6.07, 6.45) is 0.0110. The van der Waals surface area contributed by atoms with E-state index in [0.29, 0.717) is 33.3 Å². The molecule has 0 bridgehead atoms. The van der Waals surface area contributed by atoms with Crippen LogP contribution in [-0.2, 0) is 9.59 Å². The number of carbonyl (C=O) groups excluding carboxylic acids is 1. The topological polar surface area (TPSA) is 83.6 Å². The molecule has 0 aliphatic carbocycles. The molecule has 0 saturated carbocycles. The number of rotatable bonds is 3. The zero-order valence-electron chi connectivity index (χ0n) is 13.0. The lowest BCUT2D eigenvalue weighted by molar-refractivity contribution is -0.141. The third-order valence-electron chi connectivity index (χ3n) is 4.26. The van der Waals surface area contributed by atoms with Crippen molar-refractivity contribution in [3.05, 3.63) is 47.5 Å². The highest BCUT2D eigenvalue weighted by atomic mass is 35.5. The molecule has 126 valence electrons. The second kappa shape index (κ2) is 5.89. The maximum absolute atomic E-state index is 12.1. The molecular weight excluding hydrogens is 344 g/mol. The SMILES string of the molecule is O=C(O)[C@H]1CC(=O)N(c2ccc3oc(-c4ccccc4Cl)nc3c2)C1. The zero-order valence-corrected chi connectivity index (χ0v) is 13.7. The summed E-state index contributed by atoms with van der Waals surface area (Å²) in [5.41, 5.74) is 2.45. The number of carboxylic acid groups (broad SMARTS) is 1. The number of fused-ring (bicyclic) bond motifs is 1. The van der Waals surface area contributed by atoms with Crippen LogP contribution in [0.1, 0.15) is 6.42 Å². The molecule has 25 heavy (non-hydrogen) atoms.